The molecule has 0 bridgehead atoms. The number of nitrogens with zero attached hydrogens (tertiary/aromatic N) is 1. The molecule has 4 heteroatoms. The van der Waals surface area contributed by atoms with Crippen molar-refractivity contribution in [2.24, 2.45) is 10.7 Å². The fourth-order valence-electron chi connectivity index (χ4n) is 1.54. The summed E-state index contributed by atoms with van der Waals surface area (Å²) in [4.78, 5) is 4.35. The van der Waals surface area contributed by atoms with Crippen LogP contribution < -0.4 is 11.1 Å². The number of halogens is 1. The lowest BCUT2D eigenvalue weighted by Gasteiger charge is -2.07. The number of amidine groups is 1. The molecule has 2 rings (SSSR count). The smallest absolute Gasteiger partial charge is 0.128 e. The normalized spacial score (nSPS) is 16.3. The van der Waals surface area contributed by atoms with Gasteiger partial charge >= 0.3 is 0 Å². The van der Waals surface area contributed by atoms with E-state index in [1.165, 1.54) is 0 Å². The Balaban J connectivity index is 0.00000112. The van der Waals surface area contributed by atoms with Crippen LogP contribution in [0.15, 0.2) is 29.3 Å². The van der Waals surface area contributed by atoms with Crippen LogP contribution in [0.3, 0.4) is 0 Å². The minimum absolute atomic E-state index is 0. The van der Waals surface area contributed by atoms with Crippen molar-refractivity contribution >= 4 is 18.2 Å². The van der Waals surface area contributed by atoms with Crippen LogP contribution in [0.1, 0.15) is 24.1 Å². The van der Waals surface area contributed by atoms with Gasteiger partial charge in [-0.25, -0.2) is 0 Å². The standard InChI is InChI=1S/C11H15N3.ClH/c1-8(12)9-2-4-10(5-3-9)11-13-6-7-14-11;/h2-5,8H,6-7,12H2,1H3,(H,13,14);1H. The quantitative estimate of drug-likeness (QED) is 0.801. The molecule has 1 aromatic rings. The van der Waals surface area contributed by atoms with E-state index in [-0.39, 0.29) is 18.4 Å². The summed E-state index contributed by atoms with van der Waals surface area (Å²) in [6, 6.07) is 8.35. The highest BCUT2D eigenvalue weighted by atomic mass is 35.5. The molecular weight excluding hydrogens is 210 g/mol. The van der Waals surface area contributed by atoms with E-state index >= 15 is 0 Å². The number of benzene rings is 1. The van der Waals surface area contributed by atoms with Crippen molar-refractivity contribution in [1.29, 1.82) is 0 Å². The van der Waals surface area contributed by atoms with Gasteiger partial charge in [0.2, 0.25) is 0 Å². The first-order chi connectivity index (χ1) is 6.77. The molecule has 1 unspecified atom stereocenters. The van der Waals surface area contributed by atoms with Gasteiger partial charge in [-0.3, -0.25) is 4.99 Å². The Morgan fingerprint density at radius 3 is 2.47 bits per heavy atom. The first kappa shape index (κ1) is 12.0. The van der Waals surface area contributed by atoms with Crippen molar-refractivity contribution in [3.63, 3.8) is 0 Å². The molecule has 15 heavy (non-hydrogen) atoms. The molecule has 3 nitrogen and oxygen atoms in total. The summed E-state index contributed by atoms with van der Waals surface area (Å²) in [5, 5.41) is 3.24. The number of hydrogen-bond donors (Lipinski definition) is 2. The minimum atomic E-state index is 0. The van der Waals surface area contributed by atoms with Gasteiger partial charge in [-0.1, -0.05) is 24.3 Å². The molecule has 0 saturated carbocycles. The average Bonchev–Trinajstić information content (AvgIpc) is 2.71. The van der Waals surface area contributed by atoms with Gasteiger partial charge in [0.05, 0.1) is 6.54 Å². The van der Waals surface area contributed by atoms with Crippen LogP contribution in [0.25, 0.3) is 0 Å². The molecule has 0 saturated heterocycles. The van der Waals surface area contributed by atoms with Crippen LogP contribution in [-0.2, 0) is 0 Å². The Kier molecular flexibility index (Phi) is 4.12. The molecule has 0 amide bonds. The summed E-state index contributed by atoms with van der Waals surface area (Å²) in [6.45, 7) is 3.81. The minimum Gasteiger partial charge on any atom is -0.368 e. The summed E-state index contributed by atoms with van der Waals surface area (Å²) in [6.07, 6.45) is 0. The molecule has 3 N–H and O–H groups in total. The zero-order valence-corrected chi connectivity index (χ0v) is 9.55. The first-order valence-electron chi connectivity index (χ1n) is 4.91. The van der Waals surface area contributed by atoms with Crippen molar-refractivity contribution in [3.8, 4) is 0 Å². The molecule has 1 atom stereocenters. The van der Waals surface area contributed by atoms with E-state index < -0.39 is 0 Å². The fourth-order valence-corrected chi connectivity index (χ4v) is 1.54. The Bertz CT molecular complexity index is 343. The largest absolute Gasteiger partial charge is 0.368 e. The summed E-state index contributed by atoms with van der Waals surface area (Å²) >= 11 is 0. The van der Waals surface area contributed by atoms with Gasteiger partial charge in [0, 0.05) is 18.2 Å². The van der Waals surface area contributed by atoms with Crippen LogP contribution in [0.2, 0.25) is 0 Å². The molecule has 0 fully saturated rings. The van der Waals surface area contributed by atoms with E-state index in [1.807, 2.05) is 6.92 Å². The van der Waals surface area contributed by atoms with E-state index in [1.54, 1.807) is 0 Å². The van der Waals surface area contributed by atoms with Crippen molar-refractivity contribution in [2.45, 2.75) is 13.0 Å². The predicted octanol–water partition coefficient (Wildman–Crippen LogP) is 1.48. The molecule has 82 valence electrons. The van der Waals surface area contributed by atoms with E-state index in [0.29, 0.717) is 0 Å². The van der Waals surface area contributed by atoms with Gasteiger partial charge in [0.25, 0.3) is 0 Å². The molecule has 0 radical (unpaired) electrons. The third-order valence-electron chi connectivity index (χ3n) is 2.38. The van der Waals surface area contributed by atoms with Crippen molar-refractivity contribution in [1.82, 2.24) is 5.32 Å². The second-order valence-electron chi connectivity index (χ2n) is 3.57. The SMILES string of the molecule is CC(N)c1ccc(C2=NCCN2)cc1.Cl. The van der Waals surface area contributed by atoms with Crippen LogP contribution in [0, 0.1) is 0 Å². The fraction of sp³-hybridized carbons (Fsp3) is 0.364. The molecule has 1 heterocycles. The monoisotopic (exact) mass is 225 g/mol. The highest BCUT2D eigenvalue weighted by Crippen LogP contribution is 2.11. The van der Waals surface area contributed by atoms with Gasteiger partial charge in [-0.05, 0) is 12.5 Å². The Morgan fingerprint density at radius 1 is 1.33 bits per heavy atom. The topological polar surface area (TPSA) is 50.4 Å². The van der Waals surface area contributed by atoms with Gasteiger partial charge < -0.3 is 11.1 Å². The van der Waals surface area contributed by atoms with E-state index in [0.717, 1.165) is 30.1 Å². The number of nitrogens with two attached hydrogens (primary N) is 1. The Hall–Kier alpha value is -1.06. The van der Waals surface area contributed by atoms with Gasteiger partial charge in [-0.2, -0.15) is 0 Å². The van der Waals surface area contributed by atoms with E-state index in [9.17, 15) is 0 Å². The number of hydrogen-bond acceptors (Lipinski definition) is 3. The molecule has 0 aromatic heterocycles. The van der Waals surface area contributed by atoms with E-state index in [2.05, 4.69) is 34.6 Å². The third kappa shape index (κ3) is 2.70. The zero-order valence-electron chi connectivity index (χ0n) is 8.73. The molecule has 1 aromatic carbocycles. The lowest BCUT2D eigenvalue weighted by molar-refractivity contribution is 0.818. The average molecular weight is 226 g/mol. The molecular formula is C11H16ClN3. The summed E-state index contributed by atoms with van der Waals surface area (Å²) in [5.74, 6) is 1.00. The summed E-state index contributed by atoms with van der Waals surface area (Å²) in [7, 11) is 0. The van der Waals surface area contributed by atoms with Gasteiger partial charge in [0.1, 0.15) is 5.84 Å². The number of aliphatic imine (C=N–C) groups is 1. The van der Waals surface area contributed by atoms with Crippen LogP contribution in [0.5, 0.6) is 0 Å². The second kappa shape index (κ2) is 5.14. The second-order valence-corrected chi connectivity index (χ2v) is 3.57. The van der Waals surface area contributed by atoms with Crippen LogP contribution >= 0.6 is 12.4 Å². The number of nitrogens with one attached hydrogen (secondary N) is 1. The lowest BCUT2D eigenvalue weighted by Crippen LogP contribution is -2.19. The Labute approximate surface area is 96.2 Å². The maximum atomic E-state index is 5.77. The molecule has 0 spiro atoms. The van der Waals surface area contributed by atoms with Crippen molar-refractivity contribution in [3.05, 3.63) is 35.4 Å². The lowest BCUT2D eigenvalue weighted by atomic mass is 10.1. The van der Waals surface area contributed by atoms with Crippen LogP contribution in [0.4, 0.5) is 0 Å². The maximum absolute atomic E-state index is 5.77. The Morgan fingerprint density at radius 2 is 2.00 bits per heavy atom. The van der Waals surface area contributed by atoms with E-state index in [4.69, 9.17) is 5.73 Å². The van der Waals surface area contributed by atoms with Gasteiger partial charge in [0.15, 0.2) is 0 Å². The summed E-state index contributed by atoms with van der Waals surface area (Å²) in [5.41, 5.74) is 8.08. The maximum Gasteiger partial charge on any atom is 0.128 e. The van der Waals surface area contributed by atoms with Crippen molar-refractivity contribution < 1.29 is 0 Å². The molecule has 0 aliphatic carbocycles. The molecule has 1 aliphatic heterocycles. The van der Waals surface area contributed by atoms with Crippen molar-refractivity contribution in [2.75, 3.05) is 13.1 Å². The third-order valence-corrected chi connectivity index (χ3v) is 2.38. The van der Waals surface area contributed by atoms with Crippen LogP contribution in [-0.4, -0.2) is 18.9 Å². The molecule has 1 aliphatic rings. The van der Waals surface area contributed by atoms with Gasteiger partial charge in [-0.15, -0.1) is 12.4 Å². The zero-order chi connectivity index (χ0) is 9.97. The highest BCUT2D eigenvalue weighted by molar-refractivity contribution is 5.99. The summed E-state index contributed by atoms with van der Waals surface area (Å²) < 4.78 is 0. The predicted molar refractivity (Wildman–Crippen MR) is 65.7 cm³/mol. The first-order valence-corrected chi connectivity index (χ1v) is 4.91. The number of rotatable bonds is 2. The highest BCUT2D eigenvalue weighted by Gasteiger charge is 2.07.